The molecule has 4 nitrogen and oxygen atoms in total. The molecule has 0 spiro atoms. The first-order valence-electron chi connectivity index (χ1n) is 4.59. The molecular formula is C10H14ClN3O. The van der Waals surface area contributed by atoms with Crippen LogP contribution in [0.25, 0.3) is 0 Å². The summed E-state index contributed by atoms with van der Waals surface area (Å²) in [4.78, 5) is 15.7. The van der Waals surface area contributed by atoms with Crippen LogP contribution in [0.1, 0.15) is 13.8 Å². The standard InChI is InChI=1S/C10H14ClN3O/c1-10(2,6-12)9(15)14-8-5-7(11)3-4-13-8/h3-5H,6,12H2,1-2H3,(H,13,14,15). The molecule has 0 unspecified atom stereocenters. The summed E-state index contributed by atoms with van der Waals surface area (Å²) in [7, 11) is 0. The van der Waals surface area contributed by atoms with E-state index in [-0.39, 0.29) is 12.5 Å². The van der Waals surface area contributed by atoms with Gasteiger partial charge in [-0.2, -0.15) is 0 Å². The van der Waals surface area contributed by atoms with Gasteiger partial charge in [-0.05, 0) is 26.0 Å². The van der Waals surface area contributed by atoms with Crippen molar-refractivity contribution in [2.24, 2.45) is 11.1 Å². The molecule has 0 atom stereocenters. The Morgan fingerprint density at radius 2 is 2.33 bits per heavy atom. The predicted molar refractivity (Wildman–Crippen MR) is 60.7 cm³/mol. The molecule has 1 aromatic rings. The van der Waals surface area contributed by atoms with Gasteiger partial charge in [0.1, 0.15) is 5.82 Å². The molecule has 0 aliphatic carbocycles. The SMILES string of the molecule is CC(C)(CN)C(=O)Nc1cc(Cl)ccn1. The Hall–Kier alpha value is -1.13. The highest BCUT2D eigenvalue weighted by Gasteiger charge is 2.25. The number of halogens is 1. The van der Waals surface area contributed by atoms with Gasteiger partial charge in [-0.3, -0.25) is 4.79 Å². The number of amides is 1. The number of rotatable bonds is 3. The predicted octanol–water partition coefficient (Wildman–Crippen LogP) is 1.66. The van der Waals surface area contributed by atoms with Crippen LogP contribution in [0.15, 0.2) is 18.3 Å². The maximum absolute atomic E-state index is 11.7. The van der Waals surface area contributed by atoms with Gasteiger partial charge in [0.15, 0.2) is 0 Å². The summed E-state index contributed by atoms with van der Waals surface area (Å²) in [5.74, 6) is 0.272. The number of pyridine rings is 1. The van der Waals surface area contributed by atoms with E-state index in [1.54, 1.807) is 26.0 Å². The van der Waals surface area contributed by atoms with Gasteiger partial charge in [0.05, 0.1) is 5.41 Å². The molecule has 0 aromatic carbocycles. The summed E-state index contributed by atoms with van der Waals surface area (Å²) in [6, 6.07) is 3.23. The second kappa shape index (κ2) is 4.59. The molecule has 0 saturated heterocycles. The van der Waals surface area contributed by atoms with Crippen molar-refractivity contribution < 1.29 is 4.79 Å². The van der Waals surface area contributed by atoms with Crippen molar-refractivity contribution in [1.29, 1.82) is 0 Å². The first-order chi connectivity index (χ1) is 6.95. The normalized spacial score (nSPS) is 11.2. The highest BCUT2D eigenvalue weighted by atomic mass is 35.5. The maximum Gasteiger partial charge on any atom is 0.232 e. The van der Waals surface area contributed by atoms with Gasteiger partial charge in [0.25, 0.3) is 0 Å². The van der Waals surface area contributed by atoms with E-state index in [2.05, 4.69) is 10.3 Å². The number of hydrogen-bond acceptors (Lipinski definition) is 3. The summed E-state index contributed by atoms with van der Waals surface area (Å²) in [5.41, 5.74) is 4.88. The third kappa shape index (κ3) is 3.18. The summed E-state index contributed by atoms with van der Waals surface area (Å²) >= 11 is 5.76. The maximum atomic E-state index is 11.7. The molecule has 0 bridgehead atoms. The lowest BCUT2D eigenvalue weighted by Crippen LogP contribution is -2.37. The van der Waals surface area contributed by atoms with Crippen molar-refractivity contribution in [2.45, 2.75) is 13.8 Å². The molecule has 1 heterocycles. The first kappa shape index (κ1) is 11.9. The van der Waals surface area contributed by atoms with Gasteiger partial charge in [-0.25, -0.2) is 4.98 Å². The van der Waals surface area contributed by atoms with Crippen molar-refractivity contribution in [3.8, 4) is 0 Å². The van der Waals surface area contributed by atoms with Crippen molar-refractivity contribution in [3.63, 3.8) is 0 Å². The number of hydrogen-bond donors (Lipinski definition) is 2. The fraction of sp³-hybridized carbons (Fsp3) is 0.400. The third-order valence-corrected chi connectivity index (χ3v) is 2.32. The summed E-state index contributed by atoms with van der Waals surface area (Å²) in [5, 5.41) is 3.19. The van der Waals surface area contributed by atoms with E-state index in [9.17, 15) is 4.79 Å². The zero-order chi connectivity index (χ0) is 11.5. The highest BCUT2D eigenvalue weighted by Crippen LogP contribution is 2.17. The fourth-order valence-electron chi connectivity index (χ4n) is 0.851. The molecule has 82 valence electrons. The Kier molecular flexibility index (Phi) is 3.66. The van der Waals surface area contributed by atoms with Crippen LogP contribution in [-0.2, 0) is 4.79 Å². The van der Waals surface area contributed by atoms with E-state index in [4.69, 9.17) is 17.3 Å². The van der Waals surface area contributed by atoms with Crippen LogP contribution >= 0.6 is 11.6 Å². The Balaban J connectivity index is 2.75. The second-order valence-corrected chi connectivity index (χ2v) is 4.34. The van der Waals surface area contributed by atoms with Crippen LogP contribution in [0.5, 0.6) is 0 Å². The minimum absolute atomic E-state index is 0.167. The van der Waals surface area contributed by atoms with E-state index < -0.39 is 5.41 Å². The van der Waals surface area contributed by atoms with Gasteiger partial charge < -0.3 is 11.1 Å². The van der Waals surface area contributed by atoms with Crippen molar-refractivity contribution >= 4 is 23.3 Å². The number of aromatic nitrogens is 1. The van der Waals surface area contributed by atoms with E-state index in [0.717, 1.165) is 0 Å². The Labute approximate surface area is 93.8 Å². The van der Waals surface area contributed by atoms with E-state index in [0.29, 0.717) is 10.8 Å². The first-order valence-corrected chi connectivity index (χ1v) is 4.96. The minimum atomic E-state index is -0.607. The molecule has 3 N–H and O–H groups in total. The van der Waals surface area contributed by atoms with Crippen molar-refractivity contribution in [2.75, 3.05) is 11.9 Å². The van der Waals surface area contributed by atoms with E-state index >= 15 is 0 Å². The monoisotopic (exact) mass is 227 g/mol. The summed E-state index contributed by atoms with van der Waals surface area (Å²) in [6.45, 7) is 3.82. The van der Waals surface area contributed by atoms with Crippen molar-refractivity contribution in [3.05, 3.63) is 23.4 Å². The van der Waals surface area contributed by atoms with Crippen LogP contribution in [0, 0.1) is 5.41 Å². The van der Waals surface area contributed by atoms with E-state index in [1.807, 2.05) is 0 Å². The third-order valence-electron chi connectivity index (χ3n) is 2.09. The van der Waals surface area contributed by atoms with Crippen LogP contribution in [0.3, 0.4) is 0 Å². The van der Waals surface area contributed by atoms with Crippen molar-refractivity contribution in [1.82, 2.24) is 4.98 Å². The number of nitrogens with zero attached hydrogens (tertiary/aromatic N) is 1. The fourth-order valence-corrected chi connectivity index (χ4v) is 1.01. The van der Waals surface area contributed by atoms with Crippen LogP contribution in [0.2, 0.25) is 5.02 Å². The smallest absolute Gasteiger partial charge is 0.232 e. The Morgan fingerprint density at radius 3 is 2.87 bits per heavy atom. The summed E-state index contributed by atoms with van der Waals surface area (Å²) in [6.07, 6.45) is 1.54. The molecule has 0 fully saturated rings. The van der Waals surface area contributed by atoms with Gasteiger partial charge in [-0.15, -0.1) is 0 Å². The Morgan fingerprint density at radius 1 is 1.67 bits per heavy atom. The van der Waals surface area contributed by atoms with Crippen LogP contribution in [-0.4, -0.2) is 17.4 Å². The molecule has 0 radical (unpaired) electrons. The average molecular weight is 228 g/mol. The molecule has 5 heteroatoms. The highest BCUT2D eigenvalue weighted by molar-refractivity contribution is 6.30. The van der Waals surface area contributed by atoms with Gasteiger partial charge in [0, 0.05) is 17.8 Å². The van der Waals surface area contributed by atoms with Crippen LogP contribution in [0.4, 0.5) is 5.82 Å². The van der Waals surface area contributed by atoms with Gasteiger partial charge in [0.2, 0.25) is 5.91 Å². The van der Waals surface area contributed by atoms with E-state index in [1.165, 1.54) is 6.20 Å². The van der Waals surface area contributed by atoms with Crippen LogP contribution < -0.4 is 11.1 Å². The van der Waals surface area contributed by atoms with Gasteiger partial charge >= 0.3 is 0 Å². The largest absolute Gasteiger partial charge is 0.329 e. The lowest BCUT2D eigenvalue weighted by Gasteiger charge is -2.20. The second-order valence-electron chi connectivity index (χ2n) is 3.90. The minimum Gasteiger partial charge on any atom is -0.329 e. The van der Waals surface area contributed by atoms with Gasteiger partial charge in [-0.1, -0.05) is 11.6 Å². The Bertz CT molecular complexity index is 365. The molecular weight excluding hydrogens is 214 g/mol. The molecule has 1 amide bonds. The number of carbonyl (C=O) groups is 1. The zero-order valence-electron chi connectivity index (χ0n) is 8.75. The molecule has 1 rings (SSSR count). The quantitative estimate of drug-likeness (QED) is 0.825. The lowest BCUT2D eigenvalue weighted by molar-refractivity contribution is -0.123. The topological polar surface area (TPSA) is 68.0 Å². The zero-order valence-corrected chi connectivity index (χ0v) is 9.51. The number of nitrogens with one attached hydrogen (secondary N) is 1. The summed E-state index contributed by atoms with van der Waals surface area (Å²) < 4.78 is 0. The molecule has 0 aliphatic heterocycles. The average Bonchev–Trinajstić information content (AvgIpc) is 2.17. The molecule has 15 heavy (non-hydrogen) atoms. The molecule has 0 aliphatic rings. The number of anilines is 1. The molecule has 1 aromatic heterocycles. The molecule has 0 saturated carbocycles. The number of nitrogens with two attached hydrogens (primary N) is 1. The lowest BCUT2D eigenvalue weighted by atomic mass is 9.93. The number of carbonyl (C=O) groups excluding carboxylic acids is 1.